The number of benzene rings is 1. The number of nitro benzene ring substituents is 1. The first-order valence-electron chi connectivity index (χ1n) is 9.12. The molecule has 0 aromatic heterocycles. The predicted molar refractivity (Wildman–Crippen MR) is 102 cm³/mol. The fraction of sp³-hybridized carbons (Fsp3) is 0.500. The topological polar surface area (TPSA) is 125 Å². The molecule has 1 fully saturated rings. The predicted octanol–water partition coefficient (Wildman–Crippen LogP) is -0.00660. The molecule has 1 heterocycles. The molecule has 0 atom stereocenters. The van der Waals surface area contributed by atoms with Crippen LogP contribution in [0, 0.1) is 10.1 Å². The summed E-state index contributed by atoms with van der Waals surface area (Å²) in [5.74, 6) is -1.54. The molecule has 1 aliphatic rings. The third-order valence-corrected chi connectivity index (χ3v) is 4.30. The summed E-state index contributed by atoms with van der Waals surface area (Å²) in [5, 5.41) is 16.0. The van der Waals surface area contributed by atoms with Gasteiger partial charge in [-0.1, -0.05) is 6.07 Å². The minimum atomic E-state index is -0.659. The van der Waals surface area contributed by atoms with E-state index in [1.54, 1.807) is 24.8 Å². The van der Waals surface area contributed by atoms with E-state index in [-0.39, 0.29) is 17.6 Å². The number of carbonyl (C=O) groups is 3. The number of nitrogens with zero attached hydrogens (tertiary/aromatic N) is 3. The lowest BCUT2D eigenvalue weighted by Crippen LogP contribution is -2.51. The third-order valence-electron chi connectivity index (χ3n) is 4.30. The number of nitrogens with one attached hydrogen (secondary N) is 2. The molecular formula is C18H25N5O5. The molecule has 1 aliphatic heterocycles. The first kappa shape index (κ1) is 21.3. The maximum atomic E-state index is 12.5. The van der Waals surface area contributed by atoms with Crippen LogP contribution in [0.1, 0.15) is 24.2 Å². The van der Waals surface area contributed by atoms with Crippen LogP contribution in [0.4, 0.5) is 5.69 Å². The summed E-state index contributed by atoms with van der Waals surface area (Å²) in [4.78, 5) is 49.8. The van der Waals surface area contributed by atoms with Crippen LogP contribution in [0.15, 0.2) is 24.3 Å². The molecule has 28 heavy (non-hydrogen) atoms. The number of hydrogen-bond donors (Lipinski definition) is 2. The minimum absolute atomic E-state index is 0.102. The standard InChI is InChI=1S/C18H25N5O5/c1-13(2)20-17(25)16(24)19-6-7-21-8-10-22(11-9-21)18(26)14-4-3-5-15(12-14)23(27)28/h3-5,12-13H,6-11H2,1-2H3,(H,19,24)(H,20,25). The van der Waals surface area contributed by atoms with Crippen molar-refractivity contribution in [2.24, 2.45) is 0 Å². The van der Waals surface area contributed by atoms with E-state index in [2.05, 4.69) is 15.5 Å². The van der Waals surface area contributed by atoms with Gasteiger partial charge in [-0.2, -0.15) is 0 Å². The van der Waals surface area contributed by atoms with Crippen molar-refractivity contribution in [3.63, 3.8) is 0 Å². The summed E-state index contributed by atoms with van der Waals surface area (Å²) in [7, 11) is 0. The molecule has 2 N–H and O–H groups in total. The van der Waals surface area contributed by atoms with Gasteiger partial charge in [-0.25, -0.2) is 0 Å². The van der Waals surface area contributed by atoms with Gasteiger partial charge in [0, 0.05) is 63.0 Å². The molecule has 1 aromatic rings. The number of carbonyl (C=O) groups excluding carboxylic acids is 3. The molecule has 0 aliphatic carbocycles. The maximum absolute atomic E-state index is 12.5. The number of hydrogen-bond acceptors (Lipinski definition) is 6. The van der Waals surface area contributed by atoms with Crippen LogP contribution in [0.25, 0.3) is 0 Å². The van der Waals surface area contributed by atoms with Gasteiger partial charge < -0.3 is 15.5 Å². The lowest BCUT2D eigenvalue weighted by Gasteiger charge is -2.34. The van der Waals surface area contributed by atoms with Crippen LogP contribution in [-0.2, 0) is 9.59 Å². The molecular weight excluding hydrogens is 366 g/mol. The maximum Gasteiger partial charge on any atom is 0.309 e. The summed E-state index contributed by atoms with van der Waals surface area (Å²) < 4.78 is 0. The zero-order valence-corrected chi connectivity index (χ0v) is 16.0. The van der Waals surface area contributed by atoms with E-state index in [4.69, 9.17) is 0 Å². The van der Waals surface area contributed by atoms with Crippen molar-refractivity contribution in [2.75, 3.05) is 39.3 Å². The Morgan fingerprint density at radius 3 is 2.43 bits per heavy atom. The summed E-state index contributed by atoms with van der Waals surface area (Å²) in [6.45, 7) is 6.68. The molecule has 0 spiro atoms. The Balaban J connectivity index is 1.76. The van der Waals surface area contributed by atoms with E-state index in [0.29, 0.717) is 44.8 Å². The molecule has 0 bridgehead atoms. The molecule has 10 nitrogen and oxygen atoms in total. The number of rotatable bonds is 6. The van der Waals surface area contributed by atoms with Crippen LogP contribution >= 0.6 is 0 Å². The zero-order valence-electron chi connectivity index (χ0n) is 16.0. The van der Waals surface area contributed by atoms with Gasteiger partial charge >= 0.3 is 11.8 Å². The number of nitro groups is 1. The molecule has 1 aromatic carbocycles. The number of non-ortho nitro benzene ring substituents is 1. The molecule has 1 saturated heterocycles. The van der Waals surface area contributed by atoms with Gasteiger partial charge in [0.1, 0.15) is 0 Å². The van der Waals surface area contributed by atoms with Gasteiger partial charge in [0.15, 0.2) is 0 Å². The second-order valence-electron chi connectivity index (χ2n) is 6.83. The van der Waals surface area contributed by atoms with Gasteiger partial charge in [0.05, 0.1) is 4.92 Å². The highest BCUT2D eigenvalue weighted by molar-refractivity contribution is 6.35. The van der Waals surface area contributed by atoms with Gasteiger partial charge in [0.25, 0.3) is 11.6 Å². The second kappa shape index (κ2) is 9.79. The van der Waals surface area contributed by atoms with Gasteiger partial charge in [-0.15, -0.1) is 0 Å². The SMILES string of the molecule is CC(C)NC(=O)C(=O)NCCN1CCN(C(=O)c2cccc([N+](=O)[O-])c2)CC1. The average Bonchev–Trinajstić information content (AvgIpc) is 2.67. The molecule has 2 rings (SSSR count). The van der Waals surface area contributed by atoms with Crippen LogP contribution in [-0.4, -0.2) is 77.8 Å². The van der Waals surface area contributed by atoms with Crippen LogP contribution in [0.3, 0.4) is 0 Å². The second-order valence-corrected chi connectivity index (χ2v) is 6.83. The molecule has 0 saturated carbocycles. The molecule has 3 amide bonds. The summed E-state index contributed by atoms with van der Waals surface area (Å²) >= 11 is 0. The molecule has 152 valence electrons. The van der Waals surface area contributed by atoms with E-state index >= 15 is 0 Å². The molecule has 0 unspecified atom stereocenters. The number of piperazine rings is 1. The van der Waals surface area contributed by atoms with Crippen molar-refractivity contribution in [2.45, 2.75) is 19.9 Å². The van der Waals surface area contributed by atoms with Crippen molar-refractivity contribution in [1.82, 2.24) is 20.4 Å². The molecule has 10 heteroatoms. The Bertz CT molecular complexity index is 744. The fourth-order valence-corrected chi connectivity index (χ4v) is 2.85. The largest absolute Gasteiger partial charge is 0.347 e. The quantitative estimate of drug-likeness (QED) is 0.399. The Labute approximate surface area is 163 Å². The highest BCUT2D eigenvalue weighted by Crippen LogP contribution is 2.15. The Kier molecular flexibility index (Phi) is 7.44. The summed E-state index contributed by atoms with van der Waals surface area (Å²) in [6.07, 6.45) is 0. The first-order chi connectivity index (χ1) is 13.3. The van der Waals surface area contributed by atoms with Crippen molar-refractivity contribution in [3.8, 4) is 0 Å². The highest BCUT2D eigenvalue weighted by atomic mass is 16.6. The zero-order chi connectivity index (χ0) is 20.7. The smallest absolute Gasteiger partial charge is 0.309 e. The fourth-order valence-electron chi connectivity index (χ4n) is 2.85. The summed E-state index contributed by atoms with van der Waals surface area (Å²) in [6, 6.07) is 5.60. The van der Waals surface area contributed by atoms with E-state index in [9.17, 15) is 24.5 Å². The Morgan fingerprint density at radius 1 is 1.14 bits per heavy atom. The van der Waals surface area contributed by atoms with E-state index in [1.807, 2.05) is 0 Å². The van der Waals surface area contributed by atoms with Crippen LogP contribution < -0.4 is 10.6 Å². The molecule has 0 radical (unpaired) electrons. The minimum Gasteiger partial charge on any atom is -0.347 e. The number of amides is 3. The third kappa shape index (κ3) is 6.02. The van der Waals surface area contributed by atoms with Gasteiger partial charge in [0.2, 0.25) is 0 Å². The van der Waals surface area contributed by atoms with Gasteiger partial charge in [-0.05, 0) is 19.9 Å². The Morgan fingerprint density at radius 2 is 1.82 bits per heavy atom. The average molecular weight is 391 g/mol. The van der Waals surface area contributed by atoms with Crippen molar-refractivity contribution < 1.29 is 19.3 Å². The van der Waals surface area contributed by atoms with Gasteiger partial charge in [-0.3, -0.25) is 29.4 Å². The monoisotopic (exact) mass is 391 g/mol. The van der Waals surface area contributed by atoms with Crippen molar-refractivity contribution >= 4 is 23.4 Å². The van der Waals surface area contributed by atoms with Crippen LogP contribution in [0.5, 0.6) is 0 Å². The van der Waals surface area contributed by atoms with Crippen molar-refractivity contribution in [1.29, 1.82) is 0 Å². The van der Waals surface area contributed by atoms with E-state index in [1.165, 1.54) is 18.2 Å². The van der Waals surface area contributed by atoms with Crippen molar-refractivity contribution in [3.05, 3.63) is 39.9 Å². The van der Waals surface area contributed by atoms with E-state index in [0.717, 1.165) is 0 Å². The van der Waals surface area contributed by atoms with E-state index < -0.39 is 16.7 Å². The lowest BCUT2D eigenvalue weighted by molar-refractivity contribution is -0.384. The first-order valence-corrected chi connectivity index (χ1v) is 9.12. The van der Waals surface area contributed by atoms with Crippen LogP contribution in [0.2, 0.25) is 0 Å². The lowest BCUT2D eigenvalue weighted by atomic mass is 10.1. The summed E-state index contributed by atoms with van der Waals surface area (Å²) in [5.41, 5.74) is 0.188. The normalized spacial score (nSPS) is 14.6. The Hall–Kier alpha value is -3.01. The highest BCUT2D eigenvalue weighted by Gasteiger charge is 2.23.